The maximum atomic E-state index is 11.6. The number of benzene rings is 1. The Morgan fingerprint density at radius 1 is 1.42 bits per heavy atom. The van der Waals surface area contributed by atoms with E-state index in [1.165, 1.54) is 0 Å². The van der Waals surface area contributed by atoms with Gasteiger partial charge in [-0.2, -0.15) is 0 Å². The molecule has 2 unspecified atom stereocenters. The van der Waals surface area contributed by atoms with Crippen molar-refractivity contribution in [2.24, 2.45) is 5.92 Å². The van der Waals surface area contributed by atoms with Crippen molar-refractivity contribution in [1.29, 1.82) is 0 Å². The Hall–Kier alpha value is -1.75. The molecule has 5 nitrogen and oxygen atoms in total. The number of ether oxygens (including phenoxy) is 1. The molecule has 0 aliphatic heterocycles. The molecular formula is C14H20N2O3. The van der Waals surface area contributed by atoms with Crippen LogP contribution in [-0.2, 0) is 4.79 Å². The van der Waals surface area contributed by atoms with Gasteiger partial charge in [0.05, 0.1) is 11.8 Å². The van der Waals surface area contributed by atoms with E-state index in [1.54, 1.807) is 12.1 Å². The summed E-state index contributed by atoms with van der Waals surface area (Å²) in [6.45, 7) is 0.563. The van der Waals surface area contributed by atoms with Crippen LogP contribution in [0.15, 0.2) is 24.3 Å². The SMILES string of the molecule is Nc1ccccc1OCC(=O)NCC1CCC(O)C1. The van der Waals surface area contributed by atoms with Crippen molar-refractivity contribution in [3.05, 3.63) is 24.3 Å². The van der Waals surface area contributed by atoms with E-state index in [1.807, 2.05) is 12.1 Å². The Bertz CT molecular complexity index is 436. The molecule has 1 aromatic rings. The molecule has 4 N–H and O–H groups in total. The molecule has 1 amide bonds. The third kappa shape index (κ3) is 4.13. The van der Waals surface area contributed by atoms with Gasteiger partial charge in [-0.05, 0) is 37.3 Å². The van der Waals surface area contributed by atoms with Crippen LogP contribution >= 0.6 is 0 Å². The van der Waals surface area contributed by atoms with Gasteiger partial charge in [0.25, 0.3) is 5.91 Å². The summed E-state index contributed by atoms with van der Waals surface area (Å²) in [5.74, 6) is 0.735. The van der Waals surface area contributed by atoms with E-state index in [0.29, 0.717) is 23.9 Å². The number of hydrogen-bond donors (Lipinski definition) is 3. The monoisotopic (exact) mass is 264 g/mol. The van der Waals surface area contributed by atoms with Crippen LogP contribution in [0.25, 0.3) is 0 Å². The highest BCUT2D eigenvalue weighted by molar-refractivity contribution is 5.77. The van der Waals surface area contributed by atoms with Crippen LogP contribution in [0.4, 0.5) is 5.69 Å². The first kappa shape index (κ1) is 13.7. The highest BCUT2D eigenvalue weighted by Gasteiger charge is 2.22. The summed E-state index contributed by atoms with van der Waals surface area (Å²) in [7, 11) is 0. The molecule has 104 valence electrons. The minimum Gasteiger partial charge on any atom is -0.482 e. The van der Waals surface area contributed by atoms with Gasteiger partial charge in [-0.15, -0.1) is 0 Å². The molecule has 0 heterocycles. The zero-order valence-electron chi connectivity index (χ0n) is 10.8. The van der Waals surface area contributed by atoms with Crippen molar-refractivity contribution >= 4 is 11.6 Å². The fourth-order valence-corrected chi connectivity index (χ4v) is 2.30. The number of carbonyl (C=O) groups is 1. The van der Waals surface area contributed by atoms with E-state index in [2.05, 4.69) is 5.32 Å². The third-order valence-corrected chi connectivity index (χ3v) is 3.38. The van der Waals surface area contributed by atoms with Crippen molar-refractivity contribution in [2.75, 3.05) is 18.9 Å². The Morgan fingerprint density at radius 3 is 2.89 bits per heavy atom. The van der Waals surface area contributed by atoms with Crippen LogP contribution < -0.4 is 15.8 Å². The molecule has 5 heteroatoms. The normalized spacial score (nSPS) is 22.2. The molecule has 0 aromatic heterocycles. The summed E-state index contributed by atoms with van der Waals surface area (Å²) in [5, 5.41) is 12.2. The highest BCUT2D eigenvalue weighted by Crippen LogP contribution is 2.24. The fraction of sp³-hybridized carbons (Fsp3) is 0.500. The lowest BCUT2D eigenvalue weighted by atomic mass is 10.1. The molecule has 1 aliphatic rings. The van der Waals surface area contributed by atoms with E-state index >= 15 is 0 Å². The Balaban J connectivity index is 1.69. The summed E-state index contributed by atoms with van der Waals surface area (Å²) >= 11 is 0. The van der Waals surface area contributed by atoms with Crippen LogP contribution in [0.3, 0.4) is 0 Å². The quantitative estimate of drug-likeness (QED) is 0.691. The minimum atomic E-state index is -0.206. The average Bonchev–Trinajstić information content (AvgIpc) is 2.81. The van der Waals surface area contributed by atoms with Gasteiger partial charge < -0.3 is 20.9 Å². The number of nitrogens with two attached hydrogens (primary N) is 1. The number of nitrogen functional groups attached to an aromatic ring is 1. The van der Waals surface area contributed by atoms with Crippen LogP contribution in [0.5, 0.6) is 5.75 Å². The zero-order valence-corrected chi connectivity index (χ0v) is 10.8. The molecule has 2 atom stereocenters. The number of nitrogens with one attached hydrogen (secondary N) is 1. The zero-order chi connectivity index (χ0) is 13.7. The van der Waals surface area contributed by atoms with Gasteiger partial charge in [0, 0.05) is 6.54 Å². The van der Waals surface area contributed by atoms with Crippen molar-refractivity contribution in [3.8, 4) is 5.75 Å². The molecule has 1 fully saturated rings. The largest absolute Gasteiger partial charge is 0.482 e. The topological polar surface area (TPSA) is 84.6 Å². The lowest BCUT2D eigenvalue weighted by Gasteiger charge is -2.12. The lowest BCUT2D eigenvalue weighted by Crippen LogP contribution is -2.32. The second kappa shape index (κ2) is 6.43. The predicted molar refractivity (Wildman–Crippen MR) is 72.7 cm³/mol. The van der Waals surface area contributed by atoms with Gasteiger partial charge in [-0.1, -0.05) is 12.1 Å². The maximum Gasteiger partial charge on any atom is 0.257 e. The van der Waals surface area contributed by atoms with Crippen LogP contribution in [0.1, 0.15) is 19.3 Å². The maximum absolute atomic E-state index is 11.6. The molecule has 0 bridgehead atoms. The van der Waals surface area contributed by atoms with E-state index in [4.69, 9.17) is 10.5 Å². The number of rotatable bonds is 5. The van der Waals surface area contributed by atoms with Crippen molar-refractivity contribution < 1.29 is 14.6 Å². The van der Waals surface area contributed by atoms with E-state index < -0.39 is 0 Å². The molecule has 19 heavy (non-hydrogen) atoms. The number of anilines is 1. The molecule has 0 spiro atoms. The lowest BCUT2D eigenvalue weighted by molar-refractivity contribution is -0.123. The Kier molecular flexibility index (Phi) is 4.63. The van der Waals surface area contributed by atoms with Crippen molar-refractivity contribution in [3.63, 3.8) is 0 Å². The first-order chi connectivity index (χ1) is 9.15. The van der Waals surface area contributed by atoms with Crippen molar-refractivity contribution in [2.45, 2.75) is 25.4 Å². The number of aliphatic hydroxyl groups is 1. The molecule has 0 radical (unpaired) electrons. The number of hydrogen-bond acceptors (Lipinski definition) is 4. The summed E-state index contributed by atoms with van der Waals surface area (Å²) in [4.78, 5) is 11.6. The second-order valence-electron chi connectivity index (χ2n) is 4.96. The van der Waals surface area contributed by atoms with E-state index in [-0.39, 0.29) is 18.6 Å². The highest BCUT2D eigenvalue weighted by atomic mass is 16.5. The molecule has 1 aromatic carbocycles. The number of amides is 1. The number of para-hydroxylation sites is 2. The number of carbonyl (C=O) groups excluding carboxylic acids is 1. The van der Waals surface area contributed by atoms with Crippen LogP contribution in [0, 0.1) is 5.92 Å². The average molecular weight is 264 g/mol. The molecular weight excluding hydrogens is 244 g/mol. The van der Waals surface area contributed by atoms with Gasteiger partial charge in [0.15, 0.2) is 6.61 Å². The van der Waals surface area contributed by atoms with Gasteiger partial charge in [0.2, 0.25) is 0 Å². The number of aliphatic hydroxyl groups excluding tert-OH is 1. The molecule has 1 saturated carbocycles. The van der Waals surface area contributed by atoms with Crippen molar-refractivity contribution in [1.82, 2.24) is 5.32 Å². The fourth-order valence-electron chi connectivity index (χ4n) is 2.30. The molecule has 1 aliphatic carbocycles. The summed E-state index contributed by atoms with van der Waals surface area (Å²) in [6, 6.07) is 7.08. The second-order valence-corrected chi connectivity index (χ2v) is 4.96. The summed E-state index contributed by atoms with van der Waals surface area (Å²) in [5.41, 5.74) is 6.23. The Labute approximate surface area is 112 Å². The first-order valence-corrected chi connectivity index (χ1v) is 6.57. The predicted octanol–water partition coefficient (Wildman–Crippen LogP) is 0.925. The molecule has 2 rings (SSSR count). The van der Waals surface area contributed by atoms with E-state index in [9.17, 15) is 9.90 Å². The van der Waals surface area contributed by atoms with Gasteiger partial charge >= 0.3 is 0 Å². The minimum absolute atomic E-state index is 0.0382. The Morgan fingerprint density at radius 2 is 2.21 bits per heavy atom. The van der Waals surface area contributed by atoms with Gasteiger partial charge in [-0.3, -0.25) is 4.79 Å². The van der Waals surface area contributed by atoms with Gasteiger partial charge in [0.1, 0.15) is 5.75 Å². The first-order valence-electron chi connectivity index (χ1n) is 6.57. The van der Waals surface area contributed by atoms with E-state index in [0.717, 1.165) is 19.3 Å². The van der Waals surface area contributed by atoms with Gasteiger partial charge in [-0.25, -0.2) is 0 Å². The van der Waals surface area contributed by atoms with Crippen LogP contribution in [0.2, 0.25) is 0 Å². The molecule has 0 saturated heterocycles. The standard InChI is InChI=1S/C14H20N2O3/c15-12-3-1-2-4-13(12)19-9-14(18)16-8-10-5-6-11(17)7-10/h1-4,10-11,17H,5-9,15H2,(H,16,18). The third-order valence-electron chi connectivity index (χ3n) is 3.38. The smallest absolute Gasteiger partial charge is 0.257 e. The summed E-state index contributed by atoms with van der Waals surface area (Å²) < 4.78 is 5.35. The summed E-state index contributed by atoms with van der Waals surface area (Å²) in [6.07, 6.45) is 2.36. The van der Waals surface area contributed by atoms with Crippen LogP contribution in [-0.4, -0.2) is 30.3 Å².